The van der Waals surface area contributed by atoms with Crippen molar-refractivity contribution in [3.8, 4) is 0 Å². The Bertz CT molecular complexity index is 273. The van der Waals surface area contributed by atoms with Crippen molar-refractivity contribution in [2.24, 2.45) is 0 Å². The van der Waals surface area contributed by atoms with E-state index < -0.39 is 11.7 Å². The highest BCUT2D eigenvalue weighted by molar-refractivity contribution is 9.09. The van der Waals surface area contributed by atoms with Crippen LogP contribution in [0.5, 0.6) is 0 Å². The van der Waals surface area contributed by atoms with Crippen LogP contribution in [0.4, 0.5) is 4.79 Å². The molecule has 1 aliphatic rings. The summed E-state index contributed by atoms with van der Waals surface area (Å²) in [5.74, 6) is 0. The molecule has 1 atom stereocenters. The van der Waals surface area contributed by atoms with Crippen LogP contribution in [0, 0.1) is 0 Å². The molecule has 0 radical (unpaired) electrons. The SMILES string of the molecule is CC(C)(C)OC(=O)NCC(C)(CBr)OC1CC1. The van der Waals surface area contributed by atoms with E-state index in [1.54, 1.807) is 0 Å². The number of alkyl halides is 1. The second kappa shape index (κ2) is 5.57. The molecule has 0 bridgehead atoms. The molecule has 1 fully saturated rings. The van der Waals surface area contributed by atoms with Crippen molar-refractivity contribution in [3.05, 3.63) is 0 Å². The normalized spacial score (nSPS) is 19.6. The molecule has 1 N–H and O–H groups in total. The van der Waals surface area contributed by atoms with E-state index in [9.17, 15) is 4.79 Å². The van der Waals surface area contributed by atoms with Crippen LogP contribution in [-0.4, -0.2) is 35.3 Å². The molecule has 1 aliphatic carbocycles. The van der Waals surface area contributed by atoms with Crippen molar-refractivity contribution in [2.45, 2.75) is 57.8 Å². The number of ether oxygens (including phenoxy) is 2. The molecule has 0 aromatic heterocycles. The molecule has 0 heterocycles. The Labute approximate surface area is 112 Å². The Morgan fingerprint density at radius 2 is 1.94 bits per heavy atom. The minimum absolute atomic E-state index is 0.359. The summed E-state index contributed by atoms with van der Waals surface area (Å²) in [7, 11) is 0. The van der Waals surface area contributed by atoms with Gasteiger partial charge in [-0.15, -0.1) is 0 Å². The smallest absolute Gasteiger partial charge is 0.407 e. The maximum Gasteiger partial charge on any atom is 0.407 e. The summed E-state index contributed by atoms with van der Waals surface area (Å²) >= 11 is 3.42. The van der Waals surface area contributed by atoms with E-state index in [4.69, 9.17) is 9.47 Å². The maximum atomic E-state index is 11.5. The van der Waals surface area contributed by atoms with Crippen LogP contribution >= 0.6 is 15.9 Å². The zero-order valence-electron chi connectivity index (χ0n) is 11.0. The summed E-state index contributed by atoms with van der Waals surface area (Å²) in [6, 6.07) is 0. The Hall–Kier alpha value is -0.290. The van der Waals surface area contributed by atoms with E-state index in [0.717, 1.165) is 12.8 Å². The number of hydrogen-bond acceptors (Lipinski definition) is 3. The molecule has 0 saturated heterocycles. The van der Waals surface area contributed by atoms with E-state index >= 15 is 0 Å². The minimum atomic E-state index is -0.466. The van der Waals surface area contributed by atoms with Crippen molar-refractivity contribution in [2.75, 3.05) is 11.9 Å². The summed E-state index contributed by atoms with van der Waals surface area (Å²) < 4.78 is 11.0. The van der Waals surface area contributed by atoms with Crippen molar-refractivity contribution in [1.82, 2.24) is 5.32 Å². The Balaban J connectivity index is 2.33. The average Bonchev–Trinajstić information content (AvgIpc) is 2.96. The van der Waals surface area contributed by atoms with Gasteiger partial charge in [0.1, 0.15) is 5.60 Å². The lowest BCUT2D eigenvalue weighted by Gasteiger charge is -2.29. The molecule has 1 rings (SSSR count). The fourth-order valence-corrected chi connectivity index (χ4v) is 1.61. The van der Waals surface area contributed by atoms with Gasteiger partial charge in [0, 0.05) is 5.33 Å². The van der Waals surface area contributed by atoms with Gasteiger partial charge in [0.2, 0.25) is 0 Å². The van der Waals surface area contributed by atoms with Crippen LogP contribution in [0.25, 0.3) is 0 Å². The van der Waals surface area contributed by atoms with E-state index in [1.165, 1.54) is 0 Å². The van der Waals surface area contributed by atoms with Gasteiger partial charge in [-0.25, -0.2) is 4.79 Å². The standard InChI is InChI=1S/C12H22BrNO3/c1-11(2,3)17-10(15)14-8-12(4,7-13)16-9-5-6-9/h9H,5-8H2,1-4H3,(H,14,15). The predicted octanol–water partition coefficient (Wildman–Crippen LogP) is 2.84. The first-order chi connectivity index (χ1) is 7.74. The molecule has 17 heavy (non-hydrogen) atoms. The maximum absolute atomic E-state index is 11.5. The predicted molar refractivity (Wildman–Crippen MR) is 70.5 cm³/mol. The zero-order valence-corrected chi connectivity index (χ0v) is 12.6. The average molecular weight is 308 g/mol. The Morgan fingerprint density at radius 3 is 2.35 bits per heavy atom. The lowest BCUT2D eigenvalue weighted by Crippen LogP contribution is -2.46. The fraction of sp³-hybridized carbons (Fsp3) is 0.917. The van der Waals surface area contributed by atoms with Gasteiger partial charge in [0.25, 0.3) is 0 Å². The molecule has 4 nitrogen and oxygen atoms in total. The zero-order chi connectivity index (χ0) is 13.1. The lowest BCUT2D eigenvalue weighted by atomic mass is 10.1. The highest BCUT2D eigenvalue weighted by Crippen LogP contribution is 2.29. The van der Waals surface area contributed by atoms with Crippen LogP contribution in [0.1, 0.15) is 40.5 Å². The monoisotopic (exact) mass is 307 g/mol. The molecular weight excluding hydrogens is 286 g/mol. The van der Waals surface area contributed by atoms with Gasteiger partial charge in [0.05, 0.1) is 18.2 Å². The van der Waals surface area contributed by atoms with Gasteiger partial charge in [0.15, 0.2) is 0 Å². The first-order valence-electron chi connectivity index (χ1n) is 5.95. The third kappa shape index (κ3) is 6.27. The summed E-state index contributed by atoms with van der Waals surface area (Å²) in [6.07, 6.45) is 2.20. The second-order valence-electron chi connectivity index (χ2n) is 5.76. The van der Waals surface area contributed by atoms with Crippen LogP contribution < -0.4 is 5.32 Å². The second-order valence-corrected chi connectivity index (χ2v) is 6.32. The largest absolute Gasteiger partial charge is 0.444 e. The summed E-state index contributed by atoms with van der Waals surface area (Å²) in [5.41, 5.74) is -0.829. The number of nitrogens with one attached hydrogen (secondary N) is 1. The number of alkyl carbamates (subject to hydrolysis) is 1. The number of halogens is 1. The van der Waals surface area contributed by atoms with Crippen molar-refractivity contribution in [3.63, 3.8) is 0 Å². The molecule has 5 heteroatoms. The molecule has 0 aromatic rings. The van der Waals surface area contributed by atoms with Gasteiger partial charge >= 0.3 is 6.09 Å². The highest BCUT2D eigenvalue weighted by atomic mass is 79.9. The minimum Gasteiger partial charge on any atom is -0.444 e. The van der Waals surface area contributed by atoms with Crippen LogP contribution in [0.3, 0.4) is 0 Å². The van der Waals surface area contributed by atoms with Gasteiger partial charge in [-0.05, 0) is 40.5 Å². The topological polar surface area (TPSA) is 47.6 Å². The summed E-state index contributed by atoms with van der Waals surface area (Å²) in [5, 5.41) is 3.43. The molecular formula is C12H22BrNO3. The van der Waals surface area contributed by atoms with Gasteiger partial charge < -0.3 is 14.8 Å². The highest BCUT2D eigenvalue weighted by Gasteiger charge is 2.34. The van der Waals surface area contributed by atoms with Crippen molar-refractivity contribution < 1.29 is 14.3 Å². The lowest BCUT2D eigenvalue weighted by molar-refractivity contribution is -0.0259. The van der Waals surface area contributed by atoms with E-state index in [-0.39, 0.29) is 5.60 Å². The third-order valence-corrected chi connectivity index (χ3v) is 3.45. The summed E-state index contributed by atoms with van der Waals surface area (Å²) in [6.45, 7) is 7.96. The summed E-state index contributed by atoms with van der Waals surface area (Å²) in [4.78, 5) is 11.5. The number of rotatable bonds is 5. The molecule has 1 saturated carbocycles. The molecule has 1 amide bonds. The molecule has 0 spiro atoms. The first kappa shape index (κ1) is 14.8. The quantitative estimate of drug-likeness (QED) is 0.795. The Kier molecular flexibility index (Phi) is 4.84. The van der Waals surface area contributed by atoms with Gasteiger partial charge in [-0.3, -0.25) is 0 Å². The van der Waals surface area contributed by atoms with Gasteiger partial charge in [-0.1, -0.05) is 15.9 Å². The van der Waals surface area contributed by atoms with Crippen molar-refractivity contribution in [1.29, 1.82) is 0 Å². The van der Waals surface area contributed by atoms with Gasteiger partial charge in [-0.2, -0.15) is 0 Å². The van der Waals surface area contributed by atoms with Crippen LogP contribution in [-0.2, 0) is 9.47 Å². The van der Waals surface area contributed by atoms with E-state index in [0.29, 0.717) is 18.0 Å². The molecule has 1 unspecified atom stereocenters. The number of carbonyl (C=O) groups is 1. The number of carbonyl (C=O) groups excluding carboxylic acids is 1. The van der Waals surface area contributed by atoms with Crippen LogP contribution in [0.2, 0.25) is 0 Å². The van der Waals surface area contributed by atoms with Crippen LogP contribution in [0.15, 0.2) is 0 Å². The fourth-order valence-electron chi connectivity index (χ4n) is 1.28. The first-order valence-corrected chi connectivity index (χ1v) is 7.07. The number of amides is 1. The molecule has 0 aromatic carbocycles. The number of hydrogen-bond donors (Lipinski definition) is 1. The van der Waals surface area contributed by atoms with E-state index in [1.807, 2.05) is 27.7 Å². The molecule has 100 valence electrons. The molecule has 0 aliphatic heterocycles. The third-order valence-electron chi connectivity index (χ3n) is 2.26. The Morgan fingerprint density at radius 1 is 1.35 bits per heavy atom. The van der Waals surface area contributed by atoms with E-state index in [2.05, 4.69) is 21.2 Å². The van der Waals surface area contributed by atoms with Crippen molar-refractivity contribution >= 4 is 22.0 Å².